The van der Waals surface area contributed by atoms with Crippen LogP contribution in [0.4, 0.5) is 11.4 Å². The summed E-state index contributed by atoms with van der Waals surface area (Å²) in [7, 11) is 8.87. The molecule has 0 aliphatic rings. The first-order chi connectivity index (χ1) is 25.1. The number of anilines is 2. The highest BCUT2D eigenvalue weighted by Gasteiger charge is 2.27. The molecule has 0 radical (unpaired) electrons. The lowest BCUT2D eigenvalue weighted by molar-refractivity contribution is -0.120. The molecule has 0 bridgehead atoms. The molecule has 0 aliphatic heterocycles. The number of rotatable bonds is 11. The highest BCUT2D eigenvalue weighted by molar-refractivity contribution is 6.02. The van der Waals surface area contributed by atoms with E-state index in [1.165, 1.54) is 34.3 Å². The molecular weight excluding hydrogens is 658 g/mol. The van der Waals surface area contributed by atoms with Gasteiger partial charge in [0.15, 0.2) is 0 Å². The highest BCUT2D eigenvalue weighted by Crippen LogP contribution is 2.23. The quantitative estimate of drug-likeness (QED) is 0.163. The maximum Gasteiger partial charge on any atom is 0.270 e. The van der Waals surface area contributed by atoms with Gasteiger partial charge in [0.05, 0.1) is 20.8 Å². The minimum Gasteiger partial charge on any atom is -0.497 e. The number of benzene rings is 4. The van der Waals surface area contributed by atoms with E-state index in [4.69, 9.17) is 9.47 Å². The first-order valence-electron chi connectivity index (χ1n) is 16.4. The van der Waals surface area contributed by atoms with Crippen LogP contribution in [0.1, 0.15) is 38.1 Å². The molecule has 1 heterocycles. The van der Waals surface area contributed by atoms with Gasteiger partial charge in [-0.3, -0.25) is 14.4 Å². The van der Waals surface area contributed by atoms with Gasteiger partial charge in [0.2, 0.25) is 0 Å². The summed E-state index contributed by atoms with van der Waals surface area (Å²) in [6.07, 6.45) is 0.545. The first-order valence-corrected chi connectivity index (χ1v) is 16.4. The van der Waals surface area contributed by atoms with Crippen molar-refractivity contribution >= 4 is 35.4 Å². The van der Waals surface area contributed by atoms with Crippen LogP contribution in [0.5, 0.6) is 11.5 Å². The second-order valence-corrected chi connectivity index (χ2v) is 11.4. The van der Waals surface area contributed by atoms with Gasteiger partial charge >= 0.3 is 0 Å². The molecule has 1 atom stereocenters. The van der Waals surface area contributed by atoms with Crippen molar-refractivity contribution in [3.63, 3.8) is 0 Å². The summed E-state index contributed by atoms with van der Waals surface area (Å²) in [6.45, 7) is 1.92. The van der Waals surface area contributed by atoms with Crippen molar-refractivity contribution in [2.24, 2.45) is 0 Å². The predicted molar refractivity (Wildman–Crippen MR) is 204 cm³/mol. The van der Waals surface area contributed by atoms with Gasteiger partial charge in [-0.05, 0) is 73.2 Å². The number of methoxy groups -OCH3 is 2. The Morgan fingerprint density at radius 3 is 1.63 bits per heavy atom. The molecule has 11 nitrogen and oxygen atoms in total. The van der Waals surface area contributed by atoms with Crippen molar-refractivity contribution in [2.45, 2.75) is 13.0 Å². The van der Waals surface area contributed by atoms with Crippen LogP contribution in [-0.2, 0) is 9.59 Å². The normalized spacial score (nSPS) is 10.4. The monoisotopic (exact) mass is 703 g/mol. The number of hydrogen-bond acceptors (Lipinski definition) is 8. The molecule has 11 heteroatoms. The van der Waals surface area contributed by atoms with Crippen molar-refractivity contribution in [3.8, 4) is 11.5 Å². The number of hydrogen-bond donors (Lipinski definition) is 2. The molecule has 0 saturated carbocycles. The SMILES string of the molecule is COc1ccc(N(C)C(=O)C(NC(=O)c2cccc(C(=O)NCC=O)n2)c2ccccc2)cc1.COc1ccc(N(C)C)cc1.Cc1ccccc1. The van der Waals surface area contributed by atoms with Crippen molar-refractivity contribution in [2.75, 3.05) is 51.7 Å². The van der Waals surface area contributed by atoms with Crippen LogP contribution in [0.25, 0.3) is 0 Å². The lowest BCUT2D eigenvalue weighted by Crippen LogP contribution is -2.41. The van der Waals surface area contributed by atoms with Crippen LogP contribution < -0.4 is 29.9 Å². The average Bonchev–Trinajstić information content (AvgIpc) is 3.19. The van der Waals surface area contributed by atoms with Crippen LogP contribution in [0.2, 0.25) is 0 Å². The van der Waals surface area contributed by atoms with Gasteiger partial charge in [-0.1, -0.05) is 72.3 Å². The Morgan fingerprint density at radius 2 is 1.17 bits per heavy atom. The van der Waals surface area contributed by atoms with E-state index in [0.29, 0.717) is 23.3 Å². The van der Waals surface area contributed by atoms with Crippen LogP contribution >= 0.6 is 0 Å². The Hall–Kier alpha value is -6.49. The molecule has 3 amide bonds. The molecule has 4 aromatic carbocycles. The third-order valence-corrected chi connectivity index (χ3v) is 7.54. The zero-order valence-electron chi connectivity index (χ0n) is 30.3. The van der Waals surface area contributed by atoms with Crippen LogP contribution in [0.3, 0.4) is 0 Å². The van der Waals surface area contributed by atoms with E-state index in [1.54, 1.807) is 69.8 Å². The van der Waals surface area contributed by atoms with Crippen molar-refractivity contribution in [1.82, 2.24) is 15.6 Å². The third-order valence-electron chi connectivity index (χ3n) is 7.54. The number of pyridine rings is 1. The molecule has 1 aromatic heterocycles. The predicted octanol–water partition coefficient (Wildman–Crippen LogP) is 5.91. The van der Waals surface area contributed by atoms with E-state index >= 15 is 0 Å². The topological polar surface area (TPSA) is 130 Å². The number of aromatic nitrogens is 1. The summed E-state index contributed by atoms with van der Waals surface area (Å²) in [6, 6.07) is 37.4. The maximum atomic E-state index is 13.4. The Kier molecular flexibility index (Phi) is 16.0. The number of nitrogens with one attached hydrogen (secondary N) is 2. The Bertz CT molecular complexity index is 1850. The first kappa shape index (κ1) is 39.9. The molecule has 0 saturated heterocycles. The van der Waals surface area contributed by atoms with Gasteiger partial charge in [-0.2, -0.15) is 0 Å². The molecule has 0 aliphatic carbocycles. The number of aldehydes is 1. The molecule has 2 N–H and O–H groups in total. The molecule has 52 heavy (non-hydrogen) atoms. The lowest BCUT2D eigenvalue weighted by atomic mass is 10.0. The standard InChI is InChI=1S/C25H24N4O5.C9H13NO.C7H8/c1-29(18-11-13-19(34-2)14-12-18)25(33)22(17-7-4-3-5-8-17)28-24(32)21-10-6-9-20(27-21)23(31)26-15-16-30;1-10(2)8-4-6-9(11-3)7-5-8;1-7-5-3-2-4-6-7/h3-14,16,22H,15H2,1-2H3,(H,26,31)(H,28,32);4-7H,1-3H3;2-6H,1H3. The Morgan fingerprint density at radius 1 is 0.673 bits per heavy atom. The van der Waals surface area contributed by atoms with Crippen LogP contribution in [-0.4, -0.2) is 70.9 Å². The van der Waals surface area contributed by atoms with Crippen LogP contribution in [0, 0.1) is 6.92 Å². The molecular formula is C41H45N5O6. The average molecular weight is 704 g/mol. The number of likely N-dealkylation sites (N-methyl/N-ethyl adjacent to an activating group) is 1. The van der Waals surface area contributed by atoms with Gasteiger partial charge in [-0.15, -0.1) is 0 Å². The third kappa shape index (κ3) is 12.4. The number of carbonyl (C=O) groups excluding carboxylic acids is 4. The molecule has 0 fully saturated rings. The number of ether oxygens (including phenoxy) is 2. The minimum absolute atomic E-state index is 0.0209. The van der Waals surface area contributed by atoms with Crippen molar-refractivity contribution in [1.29, 1.82) is 0 Å². The smallest absolute Gasteiger partial charge is 0.270 e. The summed E-state index contributed by atoms with van der Waals surface area (Å²) >= 11 is 0. The number of carbonyl (C=O) groups is 4. The Labute approximate surface area is 305 Å². The fourth-order valence-corrected chi connectivity index (χ4v) is 4.59. The second kappa shape index (κ2) is 20.9. The Balaban J connectivity index is 0.000000327. The maximum absolute atomic E-state index is 13.4. The van der Waals surface area contributed by atoms with E-state index in [1.807, 2.05) is 62.6 Å². The van der Waals surface area contributed by atoms with E-state index in [-0.39, 0.29) is 23.8 Å². The summed E-state index contributed by atoms with van der Waals surface area (Å²) in [4.78, 5) is 56.6. The highest BCUT2D eigenvalue weighted by atomic mass is 16.5. The summed E-state index contributed by atoms with van der Waals surface area (Å²) < 4.78 is 10.2. The molecule has 1 unspecified atom stereocenters. The zero-order valence-corrected chi connectivity index (χ0v) is 30.3. The van der Waals surface area contributed by atoms with Gasteiger partial charge in [0.1, 0.15) is 35.2 Å². The van der Waals surface area contributed by atoms with Crippen molar-refractivity contribution in [3.05, 3.63) is 150 Å². The van der Waals surface area contributed by atoms with Gasteiger partial charge in [0, 0.05) is 32.5 Å². The molecule has 0 spiro atoms. The lowest BCUT2D eigenvalue weighted by Gasteiger charge is -2.25. The number of nitrogens with zero attached hydrogens (tertiary/aromatic N) is 3. The van der Waals surface area contributed by atoms with E-state index in [0.717, 1.165) is 5.75 Å². The number of aryl methyl sites for hydroxylation is 1. The largest absolute Gasteiger partial charge is 0.497 e. The van der Waals surface area contributed by atoms with E-state index in [2.05, 4.69) is 39.6 Å². The molecule has 270 valence electrons. The summed E-state index contributed by atoms with van der Waals surface area (Å²) in [5, 5.41) is 5.10. The van der Waals surface area contributed by atoms with E-state index in [9.17, 15) is 19.2 Å². The van der Waals surface area contributed by atoms with Gasteiger partial charge < -0.3 is 34.7 Å². The van der Waals surface area contributed by atoms with Gasteiger partial charge in [0.25, 0.3) is 17.7 Å². The fraction of sp³-hybridized carbons (Fsp3) is 0.195. The van der Waals surface area contributed by atoms with E-state index < -0.39 is 17.9 Å². The minimum atomic E-state index is -1.00. The molecule has 5 rings (SSSR count). The van der Waals surface area contributed by atoms with Crippen molar-refractivity contribution < 1.29 is 28.7 Å². The summed E-state index contributed by atoms with van der Waals surface area (Å²) in [5.74, 6) is -0.0344. The van der Waals surface area contributed by atoms with Crippen LogP contribution in [0.15, 0.2) is 127 Å². The second-order valence-electron chi connectivity index (χ2n) is 11.4. The number of amides is 3. The zero-order chi connectivity index (χ0) is 37.9. The fourth-order valence-electron chi connectivity index (χ4n) is 4.59. The van der Waals surface area contributed by atoms with Gasteiger partial charge in [-0.25, -0.2) is 4.98 Å². The summed E-state index contributed by atoms with van der Waals surface area (Å²) in [5.41, 5.74) is 3.65. The molecule has 5 aromatic rings.